The molecule has 2 rings (SSSR count). The zero-order chi connectivity index (χ0) is 15.4. The van der Waals surface area contributed by atoms with Gasteiger partial charge >= 0.3 is 5.97 Å². The van der Waals surface area contributed by atoms with E-state index in [0.29, 0.717) is 5.75 Å². The van der Waals surface area contributed by atoms with Crippen LogP contribution in [0.2, 0.25) is 0 Å². The molecule has 1 aliphatic rings. The van der Waals surface area contributed by atoms with E-state index in [1.165, 1.54) is 38.1 Å². The maximum atomic E-state index is 12.8. The number of halogens is 1. The van der Waals surface area contributed by atoms with E-state index in [-0.39, 0.29) is 17.8 Å². The molecule has 0 unspecified atom stereocenters. The molecule has 1 fully saturated rings. The first-order valence-electron chi connectivity index (χ1n) is 6.89. The second-order valence-corrected chi connectivity index (χ2v) is 5.08. The molecule has 0 aliphatic heterocycles. The minimum absolute atomic E-state index is 0.214. The Morgan fingerprint density at radius 1 is 1.19 bits per heavy atom. The molecule has 1 aromatic rings. The molecule has 1 aromatic carbocycles. The fourth-order valence-corrected chi connectivity index (χ4v) is 1.64. The number of rotatable bonds is 6. The highest BCUT2D eigenvalue weighted by Crippen LogP contribution is 2.19. The summed E-state index contributed by atoms with van der Waals surface area (Å²) in [6.07, 6.45) is 0.191. The summed E-state index contributed by atoms with van der Waals surface area (Å²) in [6, 6.07) is 5.52. The highest BCUT2D eigenvalue weighted by Gasteiger charge is 2.28. The zero-order valence-electron chi connectivity index (χ0n) is 12.0. The van der Waals surface area contributed by atoms with E-state index in [9.17, 15) is 14.0 Å². The molecule has 5 nitrogen and oxygen atoms in total. The van der Waals surface area contributed by atoms with Crippen molar-refractivity contribution in [2.75, 3.05) is 0 Å². The summed E-state index contributed by atoms with van der Waals surface area (Å²) in [5.41, 5.74) is 0. The van der Waals surface area contributed by atoms with Gasteiger partial charge in [-0.3, -0.25) is 4.79 Å². The van der Waals surface area contributed by atoms with E-state index in [0.717, 1.165) is 12.8 Å². The molecule has 0 spiro atoms. The van der Waals surface area contributed by atoms with Crippen molar-refractivity contribution in [2.24, 2.45) is 0 Å². The molecule has 0 radical (unpaired) electrons. The SMILES string of the molecule is C[C@H](OC(=O)[C@H](C)Oc1ccc(F)cc1)C(=O)NC1CC1. The Hall–Kier alpha value is -2.11. The van der Waals surface area contributed by atoms with Gasteiger partial charge in [0.05, 0.1) is 0 Å². The average Bonchev–Trinajstić information content (AvgIpc) is 3.25. The molecule has 114 valence electrons. The minimum Gasteiger partial charge on any atom is -0.479 e. The van der Waals surface area contributed by atoms with E-state index in [1.54, 1.807) is 0 Å². The summed E-state index contributed by atoms with van der Waals surface area (Å²) < 4.78 is 23.1. The van der Waals surface area contributed by atoms with Gasteiger partial charge in [-0.15, -0.1) is 0 Å². The molecule has 1 amide bonds. The van der Waals surface area contributed by atoms with Gasteiger partial charge in [-0.2, -0.15) is 0 Å². The average molecular weight is 295 g/mol. The van der Waals surface area contributed by atoms with Crippen LogP contribution in [-0.2, 0) is 14.3 Å². The second-order valence-electron chi connectivity index (χ2n) is 5.08. The van der Waals surface area contributed by atoms with Gasteiger partial charge in [-0.25, -0.2) is 9.18 Å². The maximum Gasteiger partial charge on any atom is 0.347 e. The van der Waals surface area contributed by atoms with E-state index < -0.39 is 18.2 Å². The molecule has 1 aliphatic carbocycles. The summed E-state index contributed by atoms with van der Waals surface area (Å²) in [5, 5.41) is 2.76. The molecular weight excluding hydrogens is 277 g/mol. The van der Waals surface area contributed by atoms with Gasteiger partial charge in [0.15, 0.2) is 12.2 Å². The van der Waals surface area contributed by atoms with Gasteiger partial charge in [0.25, 0.3) is 5.91 Å². The van der Waals surface area contributed by atoms with Gasteiger partial charge in [0.2, 0.25) is 0 Å². The minimum atomic E-state index is -0.883. The lowest BCUT2D eigenvalue weighted by atomic mass is 10.3. The number of esters is 1. The number of carbonyl (C=O) groups excluding carboxylic acids is 2. The van der Waals surface area contributed by atoms with Crippen LogP contribution in [0.4, 0.5) is 4.39 Å². The largest absolute Gasteiger partial charge is 0.479 e. The summed E-state index contributed by atoms with van der Waals surface area (Å²) in [4.78, 5) is 23.5. The van der Waals surface area contributed by atoms with Crippen LogP contribution in [0.5, 0.6) is 5.75 Å². The summed E-state index contributed by atoms with van der Waals surface area (Å²) in [6.45, 7) is 3.03. The Bertz CT molecular complexity index is 513. The van der Waals surface area contributed by atoms with Crippen LogP contribution in [-0.4, -0.2) is 30.1 Å². The maximum absolute atomic E-state index is 12.8. The molecule has 21 heavy (non-hydrogen) atoms. The van der Waals surface area contributed by atoms with Crippen molar-refractivity contribution in [2.45, 2.75) is 44.9 Å². The Morgan fingerprint density at radius 3 is 2.38 bits per heavy atom. The number of carbonyl (C=O) groups is 2. The van der Waals surface area contributed by atoms with E-state index >= 15 is 0 Å². The third-order valence-electron chi connectivity index (χ3n) is 3.04. The van der Waals surface area contributed by atoms with Crippen LogP contribution in [0.15, 0.2) is 24.3 Å². The van der Waals surface area contributed by atoms with Gasteiger partial charge < -0.3 is 14.8 Å². The predicted octanol–water partition coefficient (Wildman–Crippen LogP) is 1.80. The highest BCUT2D eigenvalue weighted by molar-refractivity contribution is 5.84. The van der Waals surface area contributed by atoms with Crippen LogP contribution >= 0.6 is 0 Å². The summed E-state index contributed by atoms with van der Waals surface area (Å²) in [5.74, 6) is -0.975. The lowest BCUT2D eigenvalue weighted by molar-refractivity contribution is -0.160. The Morgan fingerprint density at radius 2 is 1.81 bits per heavy atom. The fraction of sp³-hybridized carbons (Fsp3) is 0.467. The van der Waals surface area contributed by atoms with Crippen molar-refractivity contribution in [1.82, 2.24) is 5.32 Å². The van der Waals surface area contributed by atoms with Crippen molar-refractivity contribution in [3.05, 3.63) is 30.1 Å². The Balaban J connectivity index is 1.80. The van der Waals surface area contributed by atoms with Crippen molar-refractivity contribution in [1.29, 1.82) is 0 Å². The first-order chi connectivity index (χ1) is 9.95. The monoisotopic (exact) mass is 295 g/mol. The molecule has 0 heterocycles. The molecular formula is C15H18FNO4. The van der Waals surface area contributed by atoms with Crippen LogP contribution in [0, 0.1) is 5.82 Å². The number of hydrogen-bond acceptors (Lipinski definition) is 4. The normalized spacial score (nSPS) is 16.7. The van der Waals surface area contributed by atoms with Gasteiger partial charge in [-0.05, 0) is 51.0 Å². The van der Waals surface area contributed by atoms with E-state index in [4.69, 9.17) is 9.47 Å². The Kier molecular flexibility index (Phi) is 4.77. The molecule has 0 aromatic heterocycles. The Labute approximate surface area is 122 Å². The molecule has 0 saturated heterocycles. The van der Waals surface area contributed by atoms with E-state index in [1.807, 2.05) is 0 Å². The first-order valence-corrected chi connectivity index (χ1v) is 6.89. The quantitative estimate of drug-likeness (QED) is 0.813. The number of hydrogen-bond donors (Lipinski definition) is 1. The predicted molar refractivity (Wildman–Crippen MR) is 73.2 cm³/mol. The van der Waals surface area contributed by atoms with Gasteiger partial charge in [0, 0.05) is 6.04 Å². The van der Waals surface area contributed by atoms with Crippen LogP contribution < -0.4 is 10.1 Å². The summed E-state index contributed by atoms with van der Waals surface area (Å²) in [7, 11) is 0. The molecule has 1 saturated carbocycles. The number of ether oxygens (including phenoxy) is 2. The third kappa shape index (κ3) is 4.73. The van der Waals surface area contributed by atoms with Crippen LogP contribution in [0.3, 0.4) is 0 Å². The lowest BCUT2D eigenvalue weighted by Crippen LogP contribution is -2.39. The lowest BCUT2D eigenvalue weighted by Gasteiger charge is -2.17. The first kappa shape index (κ1) is 15.3. The van der Waals surface area contributed by atoms with E-state index in [2.05, 4.69) is 5.32 Å². The summed E-state index contributed by atoms with van der Waals surface area (Å²) >= 11 is 0. The van der Waals surface area contributed by atoms with Crippen molar-refractivity contribution < 1.29 is 23.5 Å². The molecule has 1 N–H and O–H groups in total. The number of benzene rings is 1. The number of amides is 1. The molecule has 0 bridgehead atoms. The van der Waals surface area contributed by atoms with Crippen molar-refractivity contribution in [3.8, 4) is 5.75 Å². The van der Waals surface area contributed by atoms with Crippen molar-refractivity contribution in [3.63, 3.8) is 0 Å². The highest BCUT2D eigenvalue weighted by atomic mass is 19.1. The fourth-order valence-electron chi connectivity index (χ4n) is 1.64. The molecule has 6 heteroatoms. The van der Waals surface area contributed by atoms with Crippen LogP contribution in [0.1, 0.15) is 26.7 Å². The standard InChI is InChI=1S/C15H18FNO4/c1-9(14(18)17-12-5-6-12)21-15(19)10(2)20-13-7-3-11(16)4-8-13/h3-4,7-10,12H,5-6H2,1-2H3,(H,17,18)/t9-,10-/m0/s1. The topological polar surface area (TPSA) is 64.6 Å². The smallest absolute Gasteiger partial charge is 0.347 e. The van der Waals surface area contributed by atoms with Gasteiger partial charge in [0.1, 0.15) is 11.6 Å². The van der Waals surface area contributed by atoms with Gasteiger partial charge in [-0.1, -0.05) is 0 Å². The van der Waals surface area contributed by atoms with Crippen molar-refractivity contribution >= 4 is 11.9 Å². The third-order valence-corrected chi connectivity index (χ3v) is 3.04. The zero-order valence-corrected chi connectivity index (χ0v) is 12.0. The molecule has 2 atom stereocenters. The number of nitrogens with one attached hydrogen (secondary N) is 1. The second kappa shape index (κ2) is 6.56. The van der Waals surface area contributed by atoms with Crippen LogP contribution in [0.25, 0.3) is 0 Å².